The molecule has 0 aliphatic carbocycles. The van der Waals surface area contributed by atoms with E-state index in [1.807, 2.05) is 13.8 Å². The highest BCUT2D eigenvalue weighted by Crippen LogP contribution is 2.26. The minimum atomic E-state index is -0.0614. The van der Waals surface area contributed by atoms with Crippen LogP contribution in [0.1, 0.15) is 58.8 Å². The maximum atomic E-state index is 12.8. The van der Waals surface area contributed by atoms with Crippen LogP contribution in [0, 0.1) is 12.8 Å². The van der Waals surface area contributed by atoms with Gasteiger partial charge in [0, 0.05) is 17.2 Å². The Labute approximate surface area is 148 Å². The fraction of sp³-hybridized carbons (Fsp3) is 0.684. The molecule has 0 atom stereocenters. The number of H-pyrrole nitrogens is 1. The van der Waals surface area contributed by atoms with Crippen molar-refractivity contribution < 1.29 is 19.1 Å². The number of hydrogen-bond donors (Lipinski definition) is 1. The van der Waals surface area contributed by atoms with Gasteiger partial charge in [0.05, 0.1) is 25.5 Å². The van der Waals surface area contributed by atoms with E-state index in [-0.39, 0.29) is 17.9 Å². The van der Waals surface area contributed by atoms with Crippen molar-refractivity contribution >= 4 is 11.6 Å². The number of aromatic amines is 1. The van der Waals surface area contributed by atoms with Crippen LogP contribution in [0.4, 0.5) is 0 Å². The third-order valence-electron chi connectivity index (χ3n) is 5.31. The summed E-state index contributed by atoms with van der Waals surface area (Å²) < 4.78 is 11.2. The molecule has 25 heavy (non-hydrogen) atoms. The SMILES string of the molecule is CCc1c(C(=O)CN2CCC(C3OCCO3)CC2)[nH]c(C)c1C(C)=O. The van der Waals surface area contributed by atoms with Crippen molar-refractivity contribution in [3.05, 3.63) is 22.5 Å². The zero-order valence-electron chi connectivity index (χ0n) is 15.4. The summed E-state index contributed by atoms with van der Waals surface area (Å²) in [7, 11) is 0. The number of rotatable bonds is 6. The van der Waals surface area contributed by atoms with E-state index < -0.39 is 0 Å². The standard InChI is InChI=1S/C19H28N2O4/c1-4-15-17(13(3)22)12(2)20-18(15)16(23)11-21-7-5-14(6-8-21)19-24-9-10-25-19/h14,19-20H,4-11H2,1-3H3. The lowest BCUT2D eigenvalue weighted by atomic mass is 9.95. The number of nitrogens with zero attached hydrogens (tertiary/aromatic N) is 1. The summed E-state index contributed by atoms with van der Waals surface area (Å²) in [5, 5.41) is 0. The van der Waals surface area contributed by atoms with Crippen LogP contribution in [-0.4, -0.2) is 60.6 Å². The third-order valence-corrected chi connectivity index (χ3v) is 5.31. The molecule has 0 saturated carbocycles. The van der Waals surface area contributed by atoms with Gasteiger partial charge in [-0.2, -0.15) is 0 Å². The maximum absolute atomic E-state index is 12.8. The van der Waals surface area contributed by atoms with E-state index in [1.165, 1.54) is 0 Å². The summed E-state index contributed by atoms with van der Waals surface area (Å²) in [6.07, 6.45) is 2.59. The molecule has 0 aromatic carbocycles. The van der Waals surface area contributed by atoms with E-state index in [4.69, 9.17) is 9.47 Å². The van der Waals surface area contributed by atoms with Gasteiger partial charge >= 0.3 is 0 Å². The zero-order chi connectivity index (χ0) is 18.0. The lowest BCUT2D eigenvalue weighted by Crippen LogP contribution is -2.40. The lowest BCUT2D eigenvalue weighted by molar-refractivity contribution is -0.0968. The number of likely N-dealkylation sites (tertiary alicyclic amines) is 1. The molecule has 6 heteroatoms. The monoisotopic (exact) mass is 348 g/mol. The molecule has 0 amide bonds. The number of carbonyl (C=O) groups is 2. The maximum Gasteiger partial charge on any atom is 0.193 e. The Hall–Kier alpha value is -1.50. The highest BCUT2D eigenvalue weighted by atomic mass is 16.7. The van der Waals surface area contributed by atoms with E-state index in [0.29, 0.717) is 43.4 Å². The number of carbonyl (C=O) groups excluding carboxylic acids is 2. The van der Waals surface area contributed by atoms with Crippen molar-refractivity contribution in [1.82, 2.24) is 9.88 Å². The van der Waals surface area contributed by atoms with Crippen LogP contribution in [0.15, 0.2) is 0 Å². The highest BCUT2D eigenvalue weighted by Gasteiger charge is 2.31. The number of aromatic nitrogens is 1. The van der Waals surface area contributed by atoms with Crippen LogP contribution < -0.4 is 0 Å². The molecule has 1 aromatic rings. The van der Waals surface area contributed by atoms with Gasteiger partial charge in [-0.3, -0.25) is 14.5 Å². The van der Waals surface area contributed by atoms with Gasteiger partial charge in [-0.25, -0.2) is 0 Å². The molecule has 1 aromatic heterocycles. The fourth-order valence-corrected chi connectivity index (χ4v) is 4.06. The molecule has 1 N–H and O–H groups in total. The molecule has 6 nitrogen and oxygen atoms in total. The third kappa shape index (κ3) is 3.86. The topological polar surface area (TPSA) is 71.6 Å². The Bertz CT molecular complexity index is 638. The molecule has 0 spiro atoms. The number of hydrogen-bond acceptors (Lipinski definition) is 5. The average Bonchev–Trinajstić information content (AvgIpc) is 3.22. The Kier molecular flexibility index (Phi) is 5.71. The van der Waals surface area contributed by atoms with Crippen LogP contribution in [0.25, 0.3) is 0 Å². The Morgan fingerprint density at radius 3 is 2.40 bits per heavy atom. The summed E-state index contributed by atoms with van der Waals surface area (Å²) in [6.45, 7) is 8.92. The van der Waals surface area contributed by atoms with Gasteiger partial charge in [-0.05, 0) is 51.8 Å². The van der Waals surface area contributed by atoms with E-state index in [0.717, 1.165) is 37.2 Å². The summed E-state index contributed by atoms with van der Waals surface area (Å²) in [5.41, 5.74) is 2.94. The van der Waals surface area contributed by atoms with Crippen molar-refractivity contribution in [3.63, 3.8) is 0 Å². The summed E-state index contributed by atoms with van der Waals surface area (Å²) in [4.78, 5) is 30.0. The zero-order valence-corrected chi connectivity index (χ0v) is 15.4. The first-order valence-corrected chi connectivity index (χ1v) is 9.22. The molecule has 2 aliphatic rings. The molecular weight excluding hydrogens is 320 g/mol. The van der Waals surface area contributed by atoms with E-state index in [9.17, 15) is 9.59 Å². The highest BCUT2D eigenvalue weighted by molar-refractivity contribution is 6.04. The van der Waals surface area contributed by atoms with Gasteiger partial charge in [-0.15, -0.1) is 0 Å². The van der Waals surface area contributed by atoms with Gasteiger partial charge in [0.15, 0.2) is 17.9 Å². The molecule has 0 unspecified atom stereocenters. The number of piperidine rings is 1. The first kappa shape index (κ1) is 18.3. The molecule has 2 fully saturated rings. The van der Waals surface area contributed by atoms with Gasteiger partial charge in [0.1, 0.15) is 0 Å². The quantitative estimate of drug-likeness (QED) is 0.799. The van der Waals surface area contributed by atoms with Crippen molar-refractivity contribution in [3.8, 4) is 0 Å². The summed E-state index contributed by atoms with van der Waals surface area (Å²) in [5.74, 6) is 0.512. The first-order valence-electron chi connectivity index (χ1n) is 9.22. The van der Waals surface area contributed by atoms with Crippen LogP contribution in [0.5, 0.6) is 0 Å². The predicted molar refractivity (Wildman–Crippen MR) is 94.1 cm³/mol. The van der Waals surface area contributed by atoms with Crippen molar-refractivity contribution in [2.75, 3.05) is 32.8 Å². The normalized spacial score (nSPS) is 20.3. The Balaban J connectivity index is 1.61. The number of ketones is 2. The number of ether oxygens (including phenoxy) is 2. The Morgan fingerprint density at radius 2 is 1.84 bits per heavy atom. The lowest BCUT2D eigenvalue weighted by Gasteiger charge is -2.33. The molecule has 2 aliphatic heterocycles. The van der Waals surface area contributed by atoms with Crippen molar-refractivity contribution in [1.29, 1.82) is 0 Å². The van der Waals surface area contributed by atoms with Gasteiger partial charge < -0.3 is 14.5 Å². The second-order valence-corrected chi connectivity index (χ2v) is 7.04. The number of aryl methyl sites for hydroxylation is 1. The summed E-state index contributed by atoms with van der Waals surface area (Å²) >= 11 is 0. The smallest absolute Gasteiger partial charge is 0.193 e. The van der Waals surface area contributed by atoms with E-state index in [2.05, 4.69) is 9.88 Å². The molecule has 0 bridgehead atoms. The van der Waals surface area contributed by atoms with Crippen LogP contribution >= 0.6 is 0 Å². The second kappa shape index (κ2) is 7.81. The molecule has 3 heterocycles. The van der Waals surface area contributed by atoms with E-state index >= 15 is 0 Å². The van der Waals surface area contributed by atoms with Gasteiger partial charge in [0.2, 0.25) is 0 Å². The van der Waals surface area contributed by atoms with Gasteiger partial charge in [0.25, 0.3) is 0 Å². The second-order valence-electron chi connectivity index (χ2n) is 7.04. The molecule has 2 saturated heterocycles. The Morgan fingerprint density at radius 1 is 1.20 bits per heavy atom. The summed E-state index contributed by atoms with van der Waals surface area (Å²) in [6, 6.07) is 0. The molecule has 138 valence electrons. The largest absolute Gasteiger partial charge is 0.355 e. The van der Waals surface area contributed by atoms with E-state index in [1.54, 1.807) is 6.92 Å². The fourth-order valence-electron chi connectivity index (χ4n) is 4.06. The minimum absolute atomic E-state index is 0.0158. The minimum Gasteiger partial charge on any atom is -0.355 e. The molecule has 3 rings (SSSR count). The number of Topliss-reactive ketones (excluding diaryl/α,β-unsaturated/α-hetero) is 2. The molecular formula is C19H28N2O4. The van der Waals surface area contributed by atoms with Crippen molar-refractivity contribution in [2.24, 2.45) is 5.92 Å². The number of nitrogens with one attached hydrogen (secondary N) is 1. The first-order chi connectivity index (χ1) is 12.0. The average molecular weight is 348 g/mol. The predicted octanol–water partition coefficient (Wildman–Crippen LogP) is 2.36. The van der Waals surface area contributed by atoms with Crippen LogP contribution in [-0.2, 0) is 15.9 Å². The van der Waals surface area contributed by atoms with Crippen molar-refractivity contribution in [2.45, 2.75) is 46.3 Å². The van der Waals surface area contributed by atoms with Gasteiger partial charge in [-0.1, -0.05) is 6.92 Å². The molecule has 0 radical (unpaired) electrons. The van der Waals surface area contributed by atoms with Crippen LogP contribution in [0.2, 0.25) is 0 Å². The van der Waals surface area contributed by atoms with Crippen LogP contribution in [0.3, 0.4) is 0 Å².